The largest absolute Gasteiger partial charge is 0.0697 e. The zero-order chi connectivity index (χ0) is 23.2. The normalized spacial score (nSPS) is 18.6. The summed E-state index contributed by atoms with van der Waals surface area (Å²) in [5.41, 5.74) is 13.7. The number of aryl methyl sites for hydroxylation is 1. The van der Waals surface area contributed by atoms with Crippen molar-refractivity contribution in [3.05, 3.63) is 118 Å². The fourth-order valence-electron chi connectivity index (χ4n) is 5.48. The van der Waals surface area contributed by atoms with Gasteiger partial charge in [0.25, 0.3) is 0 Å². The minimum Gasteiger partial charge on any atom is -0.0697 e. The first-order chi connectivity index (χ1) is 15.9. The van der Waals surface area contributed by atoms with Crippen LogP contribution in [0.25, 0.3) is 22.3 Å². The molecule has 33 heavy (non-hydrogen) atoms. The fourth-order valence-corrected chi connectivity index (χ4v) is 5.48. The molecule has 0 radical (unpaired) electrons. The molecular formula is C33H34. The highest BCUT2D eigenvalue weighted by Gasteiger charge is 2.35. The van der Waals surface area contributed by atoms with Crippen molar-refractivity contribution < 1.29 is 0 Å². The van der Waals surface area contributed by atoms with Crippen LogP contribution in [0.4, 0.5) is 0 Å². The molecule has 5 rings (SSSR count). The second kappa shape index (κ2) is 8.34. The Morgan fingerprint density at radius 2 is 1.52 bits per heavy atom. The Hall–Kier alpha value is -3.12. The summed E-state index contributed by atoms with van der Waals surface area (Å²) in [7, 11) is 0. The van der Waals surface area contributed by atoms with E-state index in [9.17, 15) is 0 Å². The van der Waals surface area contributed by atoms with Gasteiger partial charge in [0.2, 0.25) is 0 Å². The highest BCUT2D eigenvalue weighted by Crippen LogP contribution is 2.49. The lowest BCUT2D eigenvalue weighted by molar-refractivity contribution is 0.660. The maximum Gasteiger partial charge on any atom is 0.0158 e. The van der Waals surface area contributed by atoms with Gasteiger partial charge in [0, 0.05) is 5.41 Å². The minimum atomic E-state index is 0.0500. The highest BCUT2D eigenvalue weighted by molar-refractivity contribution is 5.91. The predicted molar refractivity (Wildman–Crippen MR) is 143 cm³/mol. The monoisotopic (exact) mass is 430 g/mol. The van der Waals surface area contributed by atoms with Crippen molar-refractivity contribution in [3.63, 3.8) is 0 Å². The number of allylic oxidation sites excluding steroid dienone is 6. The van der Waals surface area contributed by atoms with Crippen molar-refractivity contribution in [2.75, 3.05) is 0 Å². The summed E-state index contributed by atoms with van der Waals surface area (Å²) < 4.78 is 0. The minimum absolute atomic E-state index is 0.0500. The molecule has 3 aromatic carbocycles. The van der Waals surface area contributed by atoms with Gasteiger partial charge in [-0.1, -0.05) is 113 Å². The summed E-state index contributed by atoms with van der Waals surface area (Å²) in [5, 5.41) is 0. The van der Waals surface area contributed by atoms with Crippen LogP contribution in [0.3, 0.4) is 0 Å². The summed E-state index contributed by atoms with van der Waals surface area (Å²) in [4.78, 5) is 0. The Kier molecular flexibility index (Phi) is 5.49. The number of fused-ring (bicyclic) bond motifs is 3. The molecule has 0 aromatic heterocycles. The van der Waals surface area contributed by atoms with Gasteiger partial charge in [-0.25, -0.2) is 0 Å². The SMILES string of the molecule is CCCc1cccc(C2=CC(c3ccc4c(c3)-c3ccccc3C4(C)C)=CC(C)C(C)=C2)c1. The maximum absolute atomic E-state index is 2.43. The molecule has 0 saturated carbocycles. The van der Waals surface area contributed by atoms with E-state index in [1.54, 1.807) is 0 Å². The third-order valence-corrected chi connectivity index (χ3v) is 7.56. The Labute approximate surface area is 199 Å². The van der Waals surface area contributed by atoms with Crippen molar-refractivity contribution in [1.29, 1.82) is 0 Å². The molecule has 0 saturated heterocycles. The molecular weight excluding hydrogens is 396 g/mol. The smallest absolute Gasteiger partial charge is 0.0158 e. The summed E-state index contributed by atoms with van der Waals surface area (Å²) in [6.07, 6.45) is 9.51. The first-order valence-corrected chi connectivity index (χ1v) is 12.3. The molecule has 0 nitrogen and oxygen atoms in total. The number of benzene rings is 3. The zero-order valence-electron chi connectivity index (χ0n) is 20.6. The lowest BCUT2D eigenvalue weighted by Crippen LogP contribution is -2.14. The van der Waals surface area contributed by atoms with Crippen LogP contribution in [0.1, 0.15) is 68.9 Å². The molecule has 0 amide bonds. The van der Waals surface area contributed by atoms with Crippen LogP contribution < -0.4 is 0 Å². The van der Waals surface area contributed by atoms with Gasteiger partial charge in [-0.15, -0.1) is 0 Å². The number of hydrogen-bond donors (Lipinski definition) is 0. The van der Waals surface area contributed by atoms with Crippen LogP contribution in [-0.4, -0.2) is 0 Å². The molecule has 2 aliphatic carbocycles. The highest BCUT2D eigenvalue weighted by atomic mass is 14.4. The van der Waals surface area contributed by atoms with Crippen molar-refractivity contribution in [2.45, 2.75) is 52.9 Å². The van der Waals surface area contributed by atoms with Gasteiger partial charge in [-0.3, -0.25) is 0 Å². The topological polar surface area (TPSA) is 0 Å². The van der Waals surface area contributed by atoms with Crippen LogP contribution in [0.15, 0.2) is 90.5 Å². The van der Waals surface area contributed by atoms with Crippen molar-refractivity contribution in [2.24, 2.45) is 5.92 Å². The van der Waals surface area contributed by atoms with Gasteiger partial charge in [-0.05, 0) is 81.5 Å². The van der Waals surface area contributed by atoms with E-state index in [-0.39, 0.29) is 5.41 Å². The van der Waals surface area contributed by atoms with Crippen LogP contribution >= 0.6 is 0 Å². The molecule has 2 aliphatic rings. The molecule has 166 valence electrons. The molecule has 0 N–H and O–H groups in total. The predicted octanol–water partition coefficient (Wildman–Crippen LogP) is 9.01. The van der Waals surface area contributed by atoms with E-state index in [2.05, 4.69) is 120 Å². The Morgan fingerprint density at radius 1 is 0.758 bits per heavy atom. The van der Waals surface area contributed by atoms with E-state index >= 15 is 0 Å². The Bertz CT molecular complexity index is 1310. The van der Waals surface area contributed by atoms with Gasteiger partial charge in [0.15, 0.2) is 0 Å². The molecule has 0 bridgehead atoms. The second-order valence-corrected chi connectivity index (χ2v) is 10.3. The first kappa shape index (κ1) is 21.7. The number of hydrogen-bond acceptors (Lipinski definition) is 0. The average molecular weight is 431 g/mol. The second-order valence-electron chi connectivity index (χ2n) is 10.3. The first-order valence-electron chi connectivity index (χ1n) is 12.3. The summed E-state index contributed by atoms with van der Waals surface area (Å²) >= 11 is 0. The quantitative estimate of drug-likeness (QED) is 0.387. The number of rotatable bonds is 4. The standard InChI is InChI=1S/C33H34/c1-6-10-24-11-9-12-25(19-24)27-17-22(2)23(3)18-28(20-27)26-15-16-32-30(21-26)29-13-7-8-14-31(29)33(32,4)5/h7-9,11-21,23H,6,10H2,1-5H3. The molecule has 3 aromatic rings. The molecule has 1 atom stereocenters. The molecule has 0 heteroatoms. The Balaban J connectivity index is 1.62. The van der Waals surface area contributed by atoms with Gasteiger partial charge < -0.3 is 0 Å². The van der Waals surface area contributed by atoms with E-state index in [1.807, 2.05) is 0 Å². The van der Waals surface area contributed by atoms with Gasteiger partial charge in [0.1, 0.15) is 0 Å². The molecule has 0 fully saturated rings. The van der Waals surface area contributed by atoms with Gasteiger partial charge in [-0.2, -0.15) is 0 Å². The summed E-state index contributed by atoms with van der Waals surface area (Å²) in [6.45, 7) is 11.5. The average Bonchev–Trinajstić information content (AvgIpc) is 2.93. The van der Waals surface area contributed by atoms with Gasteiger partial charge >= 0.3 is 0 Å². The van der Waals surface area contributed by atoms with E-state index in [1.165, 1.54) is 62.1 Å². The summed E-state index contributed by atoms with van der Waals surface area (Å²) in [5.74, 6) is 0.407. The third kappa shape index (κ3) is 3.82. The van der Waals surface area contributed by atoms with Crippen molar-refractivity contribution in [1.82, 2.24) is 0 Å². The summed E-state index contributed by atoms with van der Waals surface area (Å²) in [6, 6.07) is 25.1. The zero-order valence-corrected chi connectivity index (χ0v) is 20.6. The Morgan fingerprint density at radius 3 is 2.33 bits per heavy atom. The van der Waals surface area contributed by atoms with Crippen LogP contribution in [0, 0.1) is 5.92 Å². The van der Waals surface area contributed by atoms with Crippen molar-refractivity contribution in [3.8, 4) is 11.1 Å². The lowest BCUT2D eigenvalue weighted by Gasteiger charge is -2.21. The third-order valence-electron chi connectivity index (χ3n) is 7.56. The maximum atomic E-state index is 2.43. The van der Waals surface area contributed by atoms with Gasteiger partial charge in [0.05, 0.1) is 0 Å². The van der Waals surface area contributed by atoms with Crippen molar-refractivity contribution >= 4 is 11.1 Å². The molecule has 0 heterocycles. The van der Waals surface area contributed by atoms with Crippen LogP contribution in [0.2, 0.25) is 0 Å². The van der Waals surface area contributed by atoms with E-state index in [0.717, 1.165) is 6.42 Å². The molecule has 0 spiro atoms. The lowest BCUT2D eigenvalue weighted by atomic mass is 9.82. The van der Waals surface area contributed by atoms with Crippen LogP contribution in [-0.2, 0) is 11.8 Å². The fraction of sp³-hybridized carbons (Fsp3) is 0.273. The van der Waals surface area contributed by atoms with E-state index in [4.69, 9.17) is 0 Å². The molecule has 1 unspecified atom stereocenters. The van der Waals surface area contributed by atoms with E-state index in [0.29, 0.717) is 5.92 Å². The van der Waals surface area contributed by atoms with E-state index < -0.39 is 0 Å². The molecule has 0 aliphatic heterocycles. The van der Waals surface area contributed by atoms with Crippen LogP contribution in [0.5, 0.6) is 0 Å².